The van der Waals surface area contributed by atoms with Crippen LogP contribution in [0.1, 0.15) is 36.2 Å². The van der Waals surface area contributed by atoms with Gasteiger partial charge in [-0.15, -0.1) is 0 Å². The minimum atomic E-state index is -0.146. The highest BCUT2D eigenvalue weighted by Gasteiger charge is 2.37. The molecule has 1 aromatic heterocycles. The van der Waals surface area contributed by atoms with Gasteiger partial charge in [-0.1, -0.05) is 116 Å². The van der Waals surface area contributed by atoms with Crippen LogP contribution in [0.3, 0.4) is 0 Å². The highest BCUT2D eigenvalue weighted by atomic mass is 32.2. The third kappa shape index (κ3) is 4.95. The molecule has 3 heterocycles. The Hall–Kier alpha value is -5.49. The van der Waals surface area contributed by atoms with Crippen LogP contribution in [0.2, 0.25) is 0 Å². The van der Waals surface area contributed by atoms with Gasteiger partial charge in [0.25, 0.3) is 0 Å². The van der Waals surface area contributed by atoms with Crippen LogP contribution in [0.4, 0.5) is 34.1 Å². The van der Waals surface area contributed by atoms with Crippen molar-refractivity contribution in [2.75, 3.05) is 9.80 Å². The van der Waals surface area contributed by atoms with E-state index in [1.165, 1.54) is 75.8 Å². The summed E-state index contributed by atoms with van der Waals surface area (Å²) < 4.78 is 0. The minimum absolute atomic E-state index is 0.146. The summed E-state index contributed by atoms with van der Waals surface area (Å²) in [5.74, 6) is 0. The molecule has 0 N–H and O–H groups in total. The number of anilines is 6. The molecule has 3 nitrogen and oxygen atoms in total. The second-order valence-electron chi connectivity index (χ2n) is 13.7. The fraction of sp³-hybridized carbons (Fsp3) is 0.0652. The van der Waals surface area contributed by atoms with Crippen molar-refractivity contribution in [2.45, 2.75) is 38.8 Å². The van der Waals surface area contributed by atoms with Crippen molar-refractivity contribution in [3.63, 3.8) is 0 Å². The summed E-state index contributed by atoms with van der Waals surface area (Å²) in [5, 5.41) is 0. The van der Waals surface area contributed by atoms with Gasteiger partial charge in [-0.2, -0.15) is 0 Å². The lowest BCUT2D eigenvalue weighted by atomic mass is 9.81. The van der Waals surface area contributed by atoms with Gasteiger partial charge in [-0.3, -0.25) is 4.98 Å². The molecule has 3 aliphatic rings. The smallest absolute Gasteiger partial charge is 0.0646 e. The van der Waals surface area contributed by atoms with Crippen LogP contribution < -0.4 is 9.80 Å². The molecule has 0 radical (unpaired) electrons. The Labute approximate surface area is 307 Å². The lowest BCUT2D eigenvalue weighted by molar-refractivity contribution is 0.660. The fourth-order valence-corrected chi connectivity index (χ4v) is 9.88. The average molecular weight is 692 g/mol. The first-order valence-corrected chi connectivity index (χ1v) is 18.9. The third-order valence-electron chi connectivity index (χ3n) is 10.3. The van der Waals surface area contributed by atoms with E-state index in [-0.39, 0.29) is 5.41 Å². The first-order valence-electron chi connectivity index (χ1n) is 17.3. The van der Waals surface area contributed by atoms with Crippen molar-refractivity contribution in [3.05, 3.63) is 174 Å². The molecular weight excluding hydrogens is 659 g/mol. The molecular formula is C46H33N3S2. The maximum atomic E-state index is 4.89. The summed E-state index contributed by atoms with van der Waals surface area (Å²) in [6.45, 7) is 4.72. The number of para-hydroxylation sites is 4. The maximum absolute atomic E-state index is 4.89. The Bertz CT molecular complexity index is 2440. The summed E-state index contributed by atoms with van der Waals surface area (Å²) in [4.78, 5) is 14.7. The predicted octanol–water partition coefficient (Wildman–Crippen LogP) is 13.4. The average Bonchev–Trinajstić information content (AvgIpc) is 3.40. The fourth-order valence-electron chi connectivity index (χ4n) is 7.76. The SMILES string of the molecule is CC1(C)c2cc(C=Cc3ccc(N4c5ccccc5Sc5ccccc54)cn3)ccc2-c2ccc(N3c4ccccc4Sc4ccccc43)cc21. The van der Waals surface area contributed by atoms with Crippen LogP contribution in [0.5, 0.6) is 0 Å². The molecule has 0 fully saturated rings. The van der Waals surface area contributed by atoms with E-state index in [0.29, 0.717) is 0 Å². The van der Waals surface area contributed by atoms with Crippen LogP contribution in [0.25, 0.3) is 23.3 Å². The molecule has 1 aliphatic carbocycles. The zero-order valence-electron chi connectivity index (χ0n) is 28.2. The van der Waals surface area contributed by atoms with Crippen molar-refractivity contribution in [1.29, 1.82) is 0 Å². The highest BCUT2D eigenvalue weighted by Crippen LogP contribution is 2.55. The van der Waals surface area contributed by atoms with Gasteiger partial charge in [-0.05, 0) is 107 Å². The Morgan fingerprint density at radius 2 is 0.961 bits per heavy atom. The molecule has 0 saturated heterocycles. The second-order valence-corrected chi connectivity index (χ2v) is 15.8. The van der Waals surface area contributed by atoms with Crippen molar-refractivity contribution >= 4 is 69.8 Å². The van der Waals surface area contributed by atoms with Crippen molar-refractivity contribution in [3.8, 4) is 11.1 Å². The normalized spacial score (nSPS) is 14.7. The monoisotopic (exact) mass is 691 g/mol. The number of rotatable bonds is 4. The number of aromatic nitrogens is 1. The van der Waals surface area contributed by atoms with E-state index in [2.05, 4.69) is 181 Å². The molecule has 5 heteroatoms. The van der Waals surface area contributed by atoms with E-state index in [1.54, 1.807) is 0 Å². The first-order chi connectivity index (χ1) is 25.0. The van der Waals surface area contributed by atoms with Gasteiger partial charge in [0.2, 0.25) is 0 Å². The Balaban J connectivity index is 0.946. The molecule has 0 amide bonds. The summed E-state index contributed by atoms with van der Waals surface area (Å²) >= 11 is 3.67. The zero-order chi connectivity index (χ0) is 34.1. The van der Waals surface area contributed by atoms with Crippen LogP contribution in [-0.2, 0) is 5.41 Å². The first kappa shape index (κ1) is 30.3. The van der Waals surface area contributed by atoms with E-state index in [1.807, 2.05) is 29.7 Å². The lowest BCUT2D eigenvalue weighted by Crippen LogP contribution is -2.18. The van der Waals surface area contributed by atoms with Crippen LogP contribution >= 0.6 is 23.5 Å². The highest BCUT2D eigenvalue weighted by molar-refractivity contribution is 8.00. The molecule has 0 saturated carbocycles. The number of benzene rings is 6. The van der Waals surface area contributed by atoms with Gasteiger partial charge >= 0.3 is 0 Å². The number of hydrogen-bond acceptors (Lipinski definition) is 5. The number of pyridine rings is 1. The molecule has 244 valence electrons. The molecule has 2 aliphatic heterocycles. The molecule has 0 bridgehead atoms. The molecule has 7 aromatic rings. The largest absolute Gasteiger partial charge is 0.308 e. The number of fused-ring (bicyclic) bond motifs is 7. The Morgan fingerprint density at radius 3 is 1.49 bits per heavy atom. The van der Waals surface area contributed by atoms with Gasteiger partial charge in [0, 0.05) is 30.7 Å². The number of nitrogens with zero attached hydrogens (tertiary/aromatic N) is 3. The molecule has 6 aromatic carbocycles. The molecule has 51 heavy (non-hydrogen) atoms. The van der Waals surface area contributed by atoms with Gasteiger partial charge in [0.1, 0.15) is 0 Å². The van der Waals surface area contributed by atoms with E-state index >= 15 is 0 Å². The van der Waals surface area contributed by atoms with E-state index in [4.69, 9.17) is 4.98 Å². The maximum Gasteiger partial charge on any atom is 0.0646 e. The van der Waals surface area contributed by atoms with Gasteiger partial charge in [-0.25, -0.2) is 0 Å². The second kappa shape index (κ2) is 11.8. The van der Waals surface area contributed by atoms with Gasteiger partial charge in [0.15, 0.2) is 0 Å². The summed E-state index contributed by atoms with van der Waals surface area (Å²) in [6.07, 6.45) is 6.30. The quantitative estimate of drug-likeness (QED) is 0.182. The van der Waals surface area contributed by atoms with Crippen molar-refractivity contribution < 1.29 is 0 Å². The number of hydrogen-bond donors (Lipinski definition) is 0. The van der Waals surface area contributed by atoms with Crippen molar-refractivity contribution in [1.82, 2.24) is 4.98 Å². The van der Waals surface area contributed by atoms with Crippen LogP contribution in [0.15, 0.2) is 171 Å². The summed E-state index contributed by atoms with van der Waals surface area (Å²) in [5.41, 5.74) is 14.4. The Kier molecular flexibility index (Phi) is 7.02. The Morgan fingerprint density at radius 1 is 0.490 bits per heavy atom. The van der Waals surface area contributed by atoms with E-state index in [9.17, 15) is 0 Å². The molecule has 0 spiro atoms. The molecule has 0 atom stereocenters. The van der Waals surface area contributed by atoms with Gasteiger partial charge in [0.05, 0.1) is 40.3 Å². The topological polar surface area (TPSA) is 19.4 Å². The molecule has 10 rings (SSSR count). The predicted molar refractivity (Wildman–Crippen MR) is 215 cm³/mol. The van der Waals surface area contributed by atoms with Crippen molar-refractivity contribution in [2.24, 2.45) is 0 Å². The molecule has 0 unspecified atom stereocenters. The standard InChI is InChI=1S/C46H33N3S2/c1-46(2)36-27-30(19-21-31-22-23-33(29-47-31)49-40-13-5-9-17-44(40)51-45-18-10-6-14-41(45)49)20-25-34(36)35-26-24-32(28-37(35)46)48-38-11-3-7-15-42(38)50-43-16-8-4-12-39(43)48/h3-29H,1-2H3. The van der Waals surface area contributed by atoms with E-state index in [0.717, 1.165) is 11.4 Å². The van der Waals surface area contributed by atoms with Gasteiger partial charge < -0.3 is 9.80 Å². The van der Waals surface area contributed by atoms with E-state index < -0.39 is 0 Å². The van der Waals surface area contributed by atoms with Crippen LogP contribution in [-0.4, -0.2) is 4.98 Å². The lowest BCUT2D eigenvalue weighted by Gasteiger charge is -2.33. The van der Waals surface area contributed by atoms with Crippen LogP contribution in [0, 0.1) is 0 Å². The minimum Gasteiger partial charge on any atom is -0.308 e. The third-order valence-corrected chi connectivity index (χ3v) is 12.5. The zero-order valence-corrected chi connectivity index (χ0v) is 29.9. The summed E-state index contributed by atoms with van der Waals surface area (Å²) in [7, 11) is 0. The summed E-state index contributed by atoms with van der Waals surface area (Å²) in [6, 6.07) is 52.8.